The molecule has 2 aliphatic rings. The van der Waals surface area contributed by atoms with Crippen molar-refractivity contribution >= 4 is 11.6 Å². The summed E-state index contributed by atoms with van der Waals surface area (Å²) in [5.74, 6) is 0.245. The van der Waals surface area contributed by atoms with Crippen LogP contribution in [0.5, 0.6) is 0 Å². The van der Waals surface area contributed by atoms with Crippen molar-refractivity contribution < 1.29 is 9.18 Å². The van der Waals surface area contributed by atoms with Gasteiger partial charge in [-0.1, -0.05) is 49.9 Å². The molecule has 0 bridgehead atoms. The van der Waals surface area contributed by atoms with Gasteiger partial charge < -0.3 is 4.90 Å². The van der Waals surface area contributed by atoms with Gasteiger partial charge in [0.15, 0.2) is 5.65 Å². The highest BCUT2D eigenvalue weighted by molar-refractivity contribution is 6.05. The number of H-pyrrole nitrogens is 1. The number of aromatic nitrogens is 5. The monoisotopic (exact) mass is 500 g/mol. The van der Waals surface area contributed by atoms with Crippen LogP contribution in [0.25, 0.3) is 28.3 Å². The quantitative estimate of drug-likeness (QED) is 0.426. The van der Waals surface area contributed by atoms with E-state index in [2.05, 4.69) is 27.2 Å². The van der Waals surface area contributed by atoms with Crippen LogP contribution in [-0.4, -0.2) is 54.6 Å². The Morgan fingerprint density at radius 2 is 1.92 bits per heavy atom. The number of halogens is 1. The van der Waals surface area contributed by atoms with Gasteiger partial charge in [-0.3, -0.25) is 29.0 Å². The average molecular weight is 501 g/mol. The number of nitrogens with one attached hydrogen (secondary N) is 1. The largest absolute Gasteiger partial charge is 0.335 e. The molecule has 0 spiro atoms. The van der Waals surface area contributed by atoms with E-state index in [0.717, 1.165) is 17.9 Å². The lowest BCUT2D eigenvalue weighted by atomic mass is 9.90. The van der Waals surface area contributed by atoms with Crippen molar-refractivity contribution in [3.8, 4) is 22.6 Å². The van der Waals surface area contributed by atoms with E-state index in [1.54, 1.807) is 4.90 Å². The Balaban J connectivity index is 1.42. The molecule has 4 heterocycles. The number of rotatable bonds is 6. The van der Waals surface area contributed by atoms with Gasteiger partial charge in [0.25, 0.3) is 11.5 Å². The Morgan fingerprint density at radius 1 is 1.14 bits per heavy atom. The van der Waals surface area contributed by atoms with Crippen molar-refractivity contribution in [3.63, 3.8) is 0 Å². The predicted molar refractivity (Wildman–Crippen MR) is 138 cm³/mol. The predicted octanol–water partition coefficient (Wildman–Crippen LogP) is 4.31. The van der Waals surface area contributed by atoms with Gasteiger partial charge in [0.1, 0.15) is 11.3 Å². The van der Waals surface area contributed by atoms with Gasteiger partial charge in [-0.05, 0) is 24.8 Å². The summed E-state index contributed by atoms with van der Waals surface area (Å²) in [6.45, 7) is 1.68. The molecule has 1 saturated carbocycles. The summed E-state index contributed by atoms with van der Waals surface area (Å²) in [6.07, 6.45) is 10.9. The Morgan fingerprint density at radius 3 is 2.59 bits per heavy atom. The highest BCUT2D eigenvalue weighted by Crippen LogP contribution is 2.32. The van der Waals surface area contributed by atoms with Gasteiger partial charge in [0, 0.05) is 42.5 Å². The summed E-state index contributed by atoms with van der Waals surface area (Å²) in [5, 5.41) is 3.02. The first-order valence-corrected chi connectivity index (χ1v) is 12.9. The molecule has 4 aromatic rings. The molecule has 3 aromatic heterocycles. The third kappa shape index (κ3) is 4.22. The first-order valence-electron chi connectivity index (χ1n) is 12.9. The van der Waals surface area contributed by atoms with E-state index in [-0.39, 0.29) is 34.6 Å². The van der Waals surface area contributed by atoms with Crippen LogP contribution in [-0.2, 0) is 6.42 Å². The zero-order valence-corrected chi connectivity index (χ0v) is 20.7. The molecule has 6 rings (SSSR count). The molecule has 37 heavy (non-hydrogen) atoms. The van der Waals surface area contributed by atoms with Crippen LogP contribution in [0.4, 0.5) is 4.39 Å². The van der Waals surface area contributed by atoms with Crippen molar-refractivity contribution in [1.82, 2.24) is 29.5 Å². The number of benzene rings is 1. The molecule has 1 aliphatic carbocycles. The molecular weight excluding hydrogens is 471 g/mol. The first kappa shape index (κ1) is 23.5. The summed E-state index contributed by atoms with van der Waals surface area (Å²) in [7, 11) is 0. The van der Waals surface area contributed by atoms with E-state index in [1.165, 1.54) is 60.4 Å². The van der Waals surface area contributed by atoms with Crippen LogP contribution in [0.1, 0.15) is 48.5 Å². The number of hydrogen-bond donors (Lipinski definition) is 1. The number of aromatic amines is 1. The number of alkyl halides is 1. The summed E-state index contributed by atoms with van der Waals surface area (Å²) in [4.78, 5) is 41.7. The fourth-order valence-electron chi connectivity index (χ4n) is 5.64. The molecule has 1 aliphatic heterocycles. The van der Waals surface area contributed by atoms with Crippen molar-refractivity contribution in [2.24, 2.45) is 11.8 Å². The number of carbonyl (C=O) groups is 1. The maximum atomic E-state index is 13.7. The summed E-state index contributed by atoms with van der Waals surface area (Å²) >= 11 is 0. The standard InChI is InChI=1S/C28H29FN6O2/c1-17-21(14-29)16-34(17)28(37)25-26(23-15-30-10-11-31-23)33-35-24(36)13-22(32-27(25)35)20-8-6-19(7-9-20)12-18-4-2-3-5-18/h6-11,13,15,17-18,21,33H,2-5,12,14,16H2,1H3/t17-,21-/m1/s1. The molecule has 9 heteroatoms. The van der Waals surface area contributed by atoms with Crippen LogP contribution in [0.15, 0.2) is 53.7 Å². The van der Waals surface area contributed by atoms with Gasteiger partial charge >= 0.3 is 0 Å². The van der Waals surface area contributed by atoms with Crippen LogP contribution < -0.4 is 5.56 Å². The minimum Gasteiger partial charge on any atom is -0.335 e. The fraction of sp³-hybridized carbons (Fsp3) is 0.393. The Bertz CT molecular complexity index is 1490. The molecule has 2 atom stereocenters. The maximum Gasteiger partial charge on any atom is 0.273 e. The van der Waals surface area contributed by atoms with E-state index >= 15 is 0 Å². The highest BCUT2D eigenvalue weighted by atomic mass is 19.1. The smallest absolute Gasteiger partial charge is 0.273 e. The van der Waals surface area contributed by atoms with E-state index in [0.29, 0.717) is 23.6 Å². The summed E-state index contributed by atoms with van der Waals surface area (Å²) < 4.78 is 14.6. The molecule has 1 N–H and O–H groups in total. The second kappa shape index (κ2) is 9.53. The van der Waals surface area contributed by atoms with Crippen molar-refractivity contribution in [2.45, 2.75) is 45.1 Å². The van der Waals surface area contributed by atoms with Crippen molar-refractivity contribution in [3.05, 3.63) is 70.4 Å². The van der Waals surface area contributed by atoms with Gasteiger partial charge in [-0.15, -0.1) is 0 Å². The van der Waals surface area contributed by atoms with Gasteiger partial charge in [0.2, 0.25) is 0 Å². The Hall–Kier alpha value is -3.88. The lowest BCUT2D eigenvalue weighted by Gasteiger charge is -2.45. The fourth-order valence-corrected chi connectivity index (χ4v) is 5.64. The number of hydrogen-bond acceptors (Lipinski definition) is 5. The topological polar surface area (TPSA) is 96.3 Å². The molecule has 1 aromatic carbocycles. The number of nitrogens with zero attached hydrogens (tertiary/aromatic N) is 5. The van der Waals surface area contributed by atoms with Gasteiger partial charge in [-0.25, -0.2) is 9.50 Å². The molecule has 0 radical (unpaired) electrons. The molecule has 0 unspecified atom stereocenters. The van der Waals surface area contributed by atoms with Crippen LogP contribution in [0.2, 0.25) is 0 Å². The van der Waals surface area contributed by atoms with E-state index in [1.807, 2.05) is 19.1 Å². The molecule has 190 valence electrons. The maximum absolute atomic E-state index is 13.7. The number of likely N-dealkylation sites (tertiary alicyclic amines) is 1. The summed E-state index contributed by atoms with van der Waals surface area (Å²) in [5.41, 5.74) is 3.49. The molecule has 8 nitrogen and oxygen atoms in total. The Kier molecular flexibility index (Phi) is 6.06. The second-order valence-electron chi connectivity index (χ2n) is 10.3. The van der Waals surface area contributed by atoms with E-state index in [4.69, 9.17) is 4.98 Å². The highest BCUT2D eigenvalue weighted by Gasteiger charge is 2.41. The SMILES string of the molecule is C[C@@H]1[C@H](CF)CN1C(=O)c1c(-c2cnccn2)[nH]n2c(=O)cc(-c3ccc(CC4CCCC4)cc3)nc12. The third-order valence-electron chi connectivity index (χ3n) is 7.96. The van der Waals surface area contributed by atoms with Gasteiger partial charge in [-0.2, -0.15) is 0 Å². The third-order valence-corrected chi connectivity index (χ3v) is 7.96. The van der Waals surface area contributed by atoms with E-state index < -0.39 is 6.67 Å². The van der Waals surface area contributed by atoms with Gasteiger partial charge in [0.05, 0.1) is 24.3 Å². The molecule has 1 saturated heterocycles. The van der Waals surface area contributed by atoms with Crippen LogP contribution in [0.3, 0.4) is 0 Å². The lowest BCUT2D eigenvalue weighted by molar-refractivity contribution is 0.0142. The number of amides is 1. The van der Waals surface area contributed by atoms with E-state index in [9.17, 15) is 14.0 Å². The number of carbonyl (C=O) groups excluding carboxylic acids is 1. The van der Waals surface area contributed by atoms with Crippen LogP contribution >= 0.6 is 0 Å². The molecular formula is C28H29FN6O2. The lowest BCUT2D eigenvalue weighted by Crippen LogP contribution is -2.58. The average Bonchev–Trinajstić information content (AvgIpc) is 3.57. The second-order valence-corrected chi connectivity index (χ2v) is 10.3. The Labute approximate surface area is 213 Å². The normalized spacial score (nSPS) is 19.9. The zero-order chi connectivity index (χ0) is 25.5. The van der Waals surface area contributed by atoms with Crippen LogP contribution in [0, 0.1) is 11.8 Å². The number of fused-ring (bicyclic) bond motifs is 1. The summed E-state index contributed by atoms with van der Waals surface area (Å²) in [6, 6.07) is 9.40. The molecule has 1 amide bonds. The minimum absolute atomic E-state index is 0.192. The molecule has 2 fully saturated rings. The van der Waals surface area contributed by atoms with Crippen molar-refractivity contribution in [1.29, 1.82) is 0 Å². The first-order chi connectivity index (χ1) is 18.0. The van der Waals surface area contributed by atoms with Crippen molar-refractivity contribution in [2.75, 3.05) is 13.2 Å². The minimum atomic E-state index is -0.478. The zero-order valence-electron chi connectivity index (χ0n) is 20.7.